The Morgan fingerprint density at radius 1 is 1.18 bits per heavy atom. The molecule has 22 heavy (non-hydrogen) atoms. The van der Waals surface area contributed by atoms with Crippen LogP contribution in [-0.4, -0.2) is 17.0 Å². The molecule has 2 N–H and O–H groups in total. The number of hydrogen-bond acceptors (Lipinski definition) is 2. The molecule has 1 amide bonds. The summed E-state index contributed by atoms with van der Waals surface area (Å²) in [5, 5.41) is 12.5. The number of carboxylic acids is 1. The SMILES string of the molecule is Cc1cccc(NC(=O)[C@H]2[C@@H](C(=O)O)[C@H]3C=C[C@H]2C32CC2)c1. The third-order valence-corrected chi connectivity index (χ3v) is 5.72. The molecule has 3 aliphatic carbocycles. The lowest BCUT2D eigenvalue weighted by Gasteiger charge is -2.23. The van der Waals surface area contributed by atoms with E-state index in [9.17, 15) is 14.7 Å². The van der Waals surface area contributed by atoms with Crippen LogP contribution >= 0.6 is 0 Å². The van der Waals surface area contributed by atoms with Gasteiger partial charge in [-0.2, -0.15) is 0 Å². The molecule has 4 heteroatoms. The molecule has 0 aliphatic heterocycles. The minimum atomic E-state index is -0.840. The number of aliphatic carboxylic acids is 1. The summed E-state index contributed by atoms with van der Waals surface area (Å²) in [6.07, 6.45) is 6.21. The van der Waals surface area contributed by atoms with Gasteiger partial charge >= 0.3 is 5.97 Å². The fourth-order valence-corrected chi connectivity index (χ4v) is 4.64. The zero-order chi connectivity index (χ0) is 15.5. The maximum absolute atomic E-state index is 12.7. The molecule has 1 aromatic carbocycles. The van der Waals surface area contributed by atoms with Crippen LogP contribution in [0.25, 0.3) is 0 Å². The third kappa shape index (κ3) is 1.76. The first-order valence-electron chi connectivity index (χ1n) is 7.82. The highest BCUT2D eigenvalue weighted by molar-refractivity contribution is 5.96. The van der Waals surface area contributed by atoms with Crippen molar-refractivity contribution in [2.75, 3.05) is 5.32 Å². The number of allylic oxidation sites excluding steroid dienone is 2. The van der Waals surface area contributed by atoms with Gasteiger partial charge in [-0.3, -0.25) is 9.59 Å². The van der Waals surface area contributed by atoms with E-state index in [-0.39, 0.29) is 23.2 Å². The van der Waals surface area contributed by atoms with Gasteiger partial charge < -0.3 is 10.4 Å². The van der Waals surface area contributed by atoms with Gasteiger partial charge in [-0.1, -0.05) is 24.3 Å². The van der Waals surface area contributed by atoms with Crippen LogP contribution in [0.5, 0.6) is 0 Å². The number of rotatable bonds is 3. The number of carbonyl (C=O) groups is 2. The summed E-state index contributed by atoms with van der Waals surface area (Å²) < 4.78 is 0. The van der Waals surface area contributed by atoms with Gasteiger partial charge in [0.15, 0.2) is 0 Å². The summed E-state index contributed by atoms with van der Waals surface area (Å²) in [6.45, 7) is 1.97. The van der Waals surface area contributed by atoms with Crippen LogP contribution in [-0.2, 0) is 9.59 Å². The quantitative estimate of drug-likeness (QED) is 0.843. The molecule has 1 spiro atoms. The molecule has 2 saturated carbocycles. The predicted molar refractivity (Wildman–Crippen MR) is 82.2 cm³/mol. The number of anilines is 1. The Labute approximate surface area is 129 Å². The Balaban J connectivity index is 1.62. The van der Waals surface area contributed by atoms with E-state index in [4.69, 9.17) is 0 Å². The van der Waals surface area contributed by atoms with Crippen LogP contribution in [0.2, 0.25) is 0 Å². The van der Waals surface area contributed by atoms with Crippen molar-refractivity contribution in [3.63, 3.8) is 0 Å². The van der Waals surface area contributed by atoms with Crippen LogP contribution in [0.15, 0.2) is 36.4 Å². The summed E-state index contributed by atoms with van der Waals surface area (Å²) in [5.74, 6) is -1.90. The van der Waals surface area contributed by atoms with Crippen LogP contribution in [0.1, 0.15) is 18.4 Å². The van der Waals surface area contributed by atoms with Gasteiger partial charge in [-0.05, 0) is 54.7 Å². The predicted octanol–water partition coefficient (Wildman–Crippen LogP) is 2.85. The smallest absolute Gasteiger partial charge is 0.307 e. The van der Waals surface area contributed by atoms with Crippen LogP contribution in [0.4, 0.5) is 5.69 Å². The van der Waals surface area contributed by atoms with Crippen molar-refractivity contribution in [2.45, 2.75) is 19.8 Å². The number of hydrogen-bond donors (Lipinski definition) is 2. The van der Waals surface area contributed by atoms with Crippen molar-refractivity contribution in [1.82, 2.24) is 0 Å². The van der Waals surface area contributed by atoms with Crippen molar-refractivity contribution in [3.05, 3.63) is 42.0 Å². The summed E-state index contributed by atoms with van der Waals surface area (Å²) in [5.41, 5.74) is 1.88. The Kier molecular flexibility index (Phi) is 2.74. The van der Waals surface area contributed by atoms with E-state index < -0.39 is 17.8 Å². The summed E-state index contributed by atoms with van der Waals surface area (Å²) in [6, 6.07) is 7.61. The Bertz CT molecular complexity index is 689. The zero-order valence-corrected chi connectivity index (χ0v) is 12.5. The summed E-state index contributed by atoms with van der Waals surface area (Å²) in [4.78, 5) is 24.5. The average Bonchev–Trinajstić information content (AvgIpc) is 3.12. The summed E-state index contributed by atoms with van der Waals surface area (Å²) in [7, 11) is 0. The molecule has 0 radical (unpaired) electrons. The van der Waals surface area contributed by atoms with Crippen LogP contribution in [0, 0.1) is 36.0 Å². The van der Waals surface area contributed by atoms with Gasteiger partial charge in [0.25, 0.3) is 0 Å². The van der Waals surface area contributed by atoms with Gasteiger partial charge in [0.2, 0.25) is 5.91 Å². The Hall–Kier alpha value is -2.10. The lowest BCUT2D eigenvalue weighted by molar-refractivity contribution is -0.146. The molecule has 1 aromatic rings. The highest BCUT2D eigenvalue weighted by Gasteiger charge is 2.70. The maximum Gasteiger partial charge on any atom is 0.307 e. The van der Waals surface area contributed by atoms with Gasteiger partial charge in [-0.25, -0.2) is 0 Å². The molecule has 0 heterocycles. The molecule has 4 nitrogen and oxygen atoms in total. The standard InChI is InChI=1S/C18H19NO3/c1-10-3-2-4-11(9-10)19-16(20)14-12-5-6-13(15(14)17(21)22)18(12)7-8-18/h2-6,9,12-15H,7-8H2,1H3,(H,19,20)(H,21,22)/t12-,13-,14-,15+/m1/s1. The monoisotopic (exact) mass is 297 g/mol. The fraction of sp³-hybridized carbons (Fsp3) is 0.444. The summed E-state index contributed by atoms with van der Waals surface area (Å²) >= 11 is 0. The molecule has 2 fully saturated rings. The number of benzene rings is 1. The van der Waals surface area contributed by atoms with Crippen LogP contribution < -0.4 is 5.32 Å². The highest BCUT2D eigenvalue weighted by Crippen LogP contribution is 2.72. The van der Waals surface area contributed by atoms with E-state index in [1.54, 1.807) is 0 Å². The minimum Gasteiger partial charge on any atom is -0.481 e. The highest BCUT2D eigenvalue weighted by atomic mass is 16.4. The second kappa shape index (κ2) is 4.45. The van der Waals surface area contributed by atoms with E-state index in [0.29, 0.717) is 0 Å². The minimum absolute atomic E-state index is 0.0308. The van der Waals surface area contributed by atoms with Crippen molar-refractivity contribution in [3.8, 4) is 0 Å². The lowest BCUT2D eigenvalue weighted by atomic mass is 9.82. The first-order chi connectivity index (χ1) is 10.5. The van der Waals surface area contributed by atoms with Gasteiger partial charge in [-0.15, -0.1) is 0 Å². The second-order valence-corrected chi connectivity index (χ2v) is 6.92. The van der Waals surface area contributed by atoms with Gasteiger partial charge in [0.05, 0.1) is 11.8 Å². The van der Waals surface area contributed by atoms with Crippen molar-refractivity contribution >= 4 is 17.6 Å². The molecule has 2 bridgehead atoms. The first-order valence-corrected chi connectivity index (χ1v) is 7.82. The van der Waals surface area contributed by atoms with E-state index in [1.165, 1.54) is 0 Å². The molecule has 4 rings (SSSR count). The van der Waals surface area contributed by atoms with E-state index in [2.05, 4.69) is 11.4 Å². The fourth-order valence-electron chi connectivity index (χ4n) is 4.64. The molecular weight excluding hydrogens is 278 g/mol. The molecule has 0 saturated heterocycles. The van der Waals surface area contributed by atoms with Gasteiger partial charge in [0, 0.05) is 5.69 Å². The van der Waals surface area contributed by atoms with E-state index in [1.807, 2.05) is 37.3 Å². The first kappa shape index (κ1) is 13.6. The molecule has 3 aliphatic rings. The Morgan fingerprint density at radius 3 is 2.45 bits per heavy atom. The topological polar surface area (TPSA) is 66.4 Å². The van der Waals surface area contributed by atoms with Crippen molar-refractivity contribution in [1.29, 1.82) is 0 Å². The number of nitrogens with one attached hydrogen (secondary N) is 1. The molecule has 4 atom stereocenters. The van der Waals surface area contributed by atoms with Crippen molar-refractivity contribution in [2.24, 2.45) is 29.1 Å². The average molecular weight is 297 g/mol. The molecule has 0 unspecified atom stereocenters. The number of carboxylic acid groups (broad SMARTS) is 1. The molecule has 114 valence electrons. The van der Waals surface area contributed by atoms with Crippen LogP contribution in [0.3, 0.4) is 0 Å². The van der Waals surface area contributed by atoms with Crippen molar-refractivity contribution < 1.29 is 14.7 Å². The number of amides is 1. The largest absolute Gasteiger partial charge is 0.481 e. The van der Waals surface area contributed by atoms with E-state index in [0.717, 1.165) is 24.1 Å². The molecule has 0 aromatic heterocycles. The normalized spacial score (nSPS) is 33.1. The zero-order valence-electron chi connectivity index (χ0n) is 12.5. The van der Waals surface area contributed by atoms with Gasteiger partial charge in [0.1, 0.15) is 0 Å². The second-order valence-electron chi connectivity index (χ2n) is 6.92. The lowest BCUT2D eigenvalue weighted by Crippen LogP contribution is -2.36. The van der Waals surface area contributed by atoms with E-state index >= 15 is 0 Å². The number of aryl methyl sites for hydroxylation is 1. The Morgan fingerprint density at radius 2 is 1.86 bits per heavy atom. The third-order valence-electron chi connectivity index (χ3n) is 5.72. The maximum atomic E-state index is 12.7. The number of carbonyl (C=O) groups excluding carboxylic acids is 1. The molecular formula is C18H19NO3.